The first-order valence-corrected chi connectivity index (χ1v) is 10.1. The van der Waals surface area contributed by atoms with Crippen molar-refractivity contribution in [3.05, 3.63) is 59.2 Å². The van der Waals surface area contributed by atoms with Gasteiger partial charge in [-0.2, -0.15) is 0 Å². The van der Waals surface area contributed by atoms with Crippen molar-refractivity contribution in [2.45, 2.75) is 27.3 Å². The van der Waals surface area contributed by atoms with Crippen LogP contribution in [0.2, 0.25) is 0 Å². The van der Waals surface area contributed by atoms with E-state index in [2.05, 4.69) is 29.6 Å². The Bertz CT molecular complexity index is 848. The van der Waals surface area contributed by atoms with Crippen molar-refractivity contribution in [3.63, 3.8) is 0 Å². The van der Waals surface area contributed by atoms with Crippen molar-refractivity contribution in [2.75, 3.05) is 38.7 Å². The summed E-state index contributed by atoms with van der Waals surface area (Å²) in [6, 6.07) is 13.3. The molecule has 0 bridgehead atoms. The van der Waals surface area contributed by atoms with Gasteiger partial charge >= 0.3 is 0 Å². The van der Waals surface area contributed by atoms with Gasteiger partial charge in [-0.3, -0.25) is 25.3 Å². The molecule has 0 fully saturated rings. The lowest BCUT2D eigenvalue weighted by molar-refractivity contribution is -0.122. The van der Waals surface area contributed by atoms with Crippen LogP contribution in [0.15, 0.2) is 42.5 Å². The molecule has 0 aliphatic heterocycles. The highest BCUT2D eigenvalue weighted by Gasteiger charge is 2.12. The Labute approximate surface area is 179 Å². The number of benzene rings is 2. The number of hydrazine groups is 1. The molecule has 2 rings (SSSR count). The Kier molecular flexibility index (Phi) is 8.68. The van der Waals surface area contributed by atoms with E-state index < -0.39 is 0 Å². The molecule has 2 aromatic carbocycles. The van der Waals surface area contributed by atoms with Gasteiger partial charge in [0.05, 0.1) is 13.7 Å². The van der Waals surface area contributed by atoms with Crippen LogP contribution >= 0.6 is 0 Å². The van der Waals surface area contributed by atoms with E-state index >= 15 is 0 Å². The van der Waals surface area contributed by atoms with Gasteiger partial charge in [-0.15, -0.1) is 0 Å². The van der Waals surface area contributed by atoms with Crippen LogP contribution in [0.1, 0.15) is 35.3 Å². The van der Waals surface area contributed by atoms with E-state index in [1.54, 1.807) is 19.2 Å². The molecule has 0 saturated heterocycles. The van der Waals surface area contributed by atoms with Crippen LogP contribution in [0.3, 0.4) is 0 Å². The van der Waals surface area contributed by atoms with Crippen molar-refractivity contribution < 1.29 is 14.3 Å². The van der Waals surface area contributed by atoms with E-state index in [-0.39, 0.29) is 18.4 Å². The first-order valence-electron chi connectivity index (χ1n) is 10.1. The molecule has 2 amide bonds. The number of aryl methyl sites for hydroxylation is 1. The van der Waals surface area contributed by atoms with Crippen molar-refractivity contribution in [3.8, 4) is 5.75 Å². The van der Waals surface area contributed by atoms with E-state index in [4.69, 9.17) is 4.74 Å². The number of nitrogens with zero attached hydrogens (tertiary/aromatic N) is 2. The van der Waals surface area contributed by atoms with Gasteiger partial charge in [0.25, 0.3) is 11.8 Å². The van der Waals surface area contributed by atoms with Crippen LogP contribution in [0.25, 0.3) is 0 Å². The van der Waals surface area contributed by atoms with Crippen molar-refractivity contribution in [1.29, 1.82) is 0 Å². The van der Waals surface area contributed by atoms with E-state index in [1.165, 1.54) is 0 Å². The molecule has 0 radical (unpaired) electrons. The van der Waals surface area contributed by atoms with Crippen molar-refractivity contribution in [1.82, 2.24) is 15.8 Å². The maximum Gasteiger partial charge on any atom is 0.269 e. The molecule has 162 valence electrons. The molecule has 0 heterocycles. The molecule has 0 unspecified atom stereocenters. The van der Waals surface area contributed by atoms with Crippen LogP contribution in [0.5, 0.6) is 5.75 Å². The molecule has 7 heteroatoms. The minimum atomic E-state index is -0.350. The van der Waals surface area contributed by atoms with Crippen LogP contribution in [0.4, 0.5) is 5.69 Å². The number of anilines is 1. The molecule has 0 aliphatic carbocycles. The molecule has 0 spiro atoms. The summed E-state index contributed by atoms with van der Waals surface area (Å²) in [6.45, 7) is 8.69. The maximum absolute atomic E-state index is 12.3. The summed E-state index contributed by atoms with van der Waals surface area (Å²) in [5, 5.41) is 0. The third kappa shape index (κ3) is 6.49. The number of carbonyl (C=O) groups excluding carboxylic acids is 2. The minimum Gasteiger partial charge on any atom is -0.496 e. The average Bonchev–Trinajstić information content (AvgIpc) is 2.73. The first kappa shape index (κ1) is 23.2. The molecule has 30 heavy (non-hydrogen) atoms. The molecular weight excluding hydrogens is 380 g/mol. The third-order valence-corrected chi connectivity index (χ3v) is 4.86. The lowest BCUT2D eigenvalue weighted by Gasteiger charge is -2.21. The van der Waals surface area contributed by atoms with Gasteiger partial charge in [0.1, 0.15) is 5.75 Å². The summed E-state index contributed by atoms with van der Waals surface area (Å²) in [4.78, 5) is 28.6. The zero-order valence-electron chi connectivity index (χ0n) is 18.5. The number of methoxy groups -OCH3 is 1. The highest BCUT2D eigenvalue weighted by atomic mass is 16.5. The smallest absolute Gasteiger partial charge is 0.269 e. The van der Waals surface area contributed by atoms with Crippen LogP contribution in [-0.2, 0) is 11.3 Å². The Morgan fingerprint density at radius 1 is 1.00 bits per heavy atom. The topological polar surface area (TPSA) is 73.9 Å². The van der Waals surface area contributed by atoms with Gasteiger partial charge in [0, 0.05) is 36.4 Å². The number of amides is 2. The van der Waals surface area contributed by atoms with E-state index in [0.717, 1.165) is 35.7 Å². The van der Waals surface area contributed by atoms with Gasteiger partial charge in [-0.1, -0.05) is 17.7 Å². The Morgan fingerprint density at radius 3 is 2.27 bits per heavy atom. The van der Waals surface area contributed by atoms with Crippen molar-refractivity contribution >= 4 is 17.5 Å². The Morgan fingerprint density at radius 2 is 1.67 bits per heavy atom. The van der Waals surface area contributed by atoms with Crippen LogP contribution < -0.4 is 20.5 Å². The fourth-order valence-corrected chi connectivity index (χ4v) is 3.27. The summed E-state index contributed by atoms with van der Waals surface area (Å²) in [7, 11) is 3.47. The number of hydrogen-bond donors (Lipinski definition) is 2. The summed E-state index contributed by atoms with van der Waals surface area (Å²) in [6.07, 6.45) is 0. The van der Waals surface area contributed by atoms with Gasteiger partial charge in [0.2, 0.25) is 0 Å². The van der Waals surface area contributed by atoms with Gasteiger partial charge in [-0.25, -0.2) is 0 Å². The highest BCUT2D eigenvalue weighted by molar-refractivity contribution is 5.95. The second kappa shape index (κ2) is 11.2. The summed E-state index contributed by atoms with van der Waals surface area (Å²) in [5.41, 5.74) is 8.63. The number of hydrogen-bond acceptors (Lipinski definition) is 5. The fourth-order valence-electron chi connectivity index (χ4n) is 3.27. The Hall–Kier alpha value is -3.06. The largest absolute Gasteiger partial charge is 0.496 e. The van der Waals surface area contributed by atoms with E-state index in [1.807, 2.05) is 49.2 Å². The number of ether oxygens (including phenoxy) is 1. The predicted molar refractivity (Wildman–Crippen MR) is 120 cm³/mol. The van der Waals surface area contributed by atoms with Crippen LogP contribution in [-0.4, -0.2) is 50.5 Å². The SMILES string of the molecule is CCN(CC)c1ccc(C(=O)NNC(=O)CN(C)Cc2cc(C)ccc2OC)cc1. The lowest BCUT2D eigenvalue weighted by atomic mass is 10.1. The second-order valence-electron chi connectivity index (χ2n) is 7.21. The number of carbonyl (C=O) groups is 2. The maximum atomic E-state index is 12.3. The molecule has 2 N–H and O–H groups in total. The zero-order valence-corrected chi connectivity index (χ0v) is 18.5. The molecule has 2 aromatic rings. The number of rotatable bonds is 9. The molecule has 0 aromatic heterocycles. The first-order chi connectivity index (χ1) is 14.4. The van der Waals surface area contributed by atoms with Crippen molar-refractivity contribution in [2.24, 2.45) is 0 Å². The number of likely N-dealkylation sites (N-methyl/N-ethyl adjacent to an activating group) is 1. The standard InChI is InChI=1S/C23H32N4O3/c1-6-27(7-2)20-11-9-18(10-12-20)23(29)25-24-22(28)16-26(4)15-19-14-17(3)8-13-21(19)30-5/h8-14H,6-7,15-16H2,1-5H3,(H,24,28)(H,25,29). The van der Waals surface area contributed by atoms with E-state index in [0.29, 0.717) is 12.1 Å². The Balaban J connectivity index is 1.85. The summed E-state index contributed by atoms with van der Waals surface area (Å²) in [5.74, 6) is 0.143. The molecule has 0 atom stereocenters. The van der Waals surface area contributed by atoms with Gasteiger partial charge < -0.3 is 9.64 Å². The van der Waals surface area contributed by atoms with Gasteiger partial charge in [0.15, 0.2) is 0 Å². The summed E-state index contributed by atoms with van der Waals surface area (Å²) >= 11 is 0. The predicted octanol–water partition coefficient (Wildman–Crippen LogP) is 2.74. The van der Waals surface area contributed by atoms with Crippen LogP contribution in [0, 0.1) is 6.92 Å². The fraction of sp³-hybridized carbons (Fsp3) is 0.391. The third-order valence-electron chi connectivity index (χ3n) is 4.86. The number of nitrogens with one attached hydrogen (secondary N) is 2. The second-order valence-corrected chi connectivity index (χ2v) is 7.21. The summed E-state index contributed by atoms with van der Waals surface area (Å²) < 4.78 is 5.38. The quantitative estimate of drug-likeness (QED) is 0.620. The lowest BCUT2D eigenvalue weighted by Crippen LogP contribution is -2.45. The monoisotopic (exact) mass is 412 g/mol. The molecule has 7 nitrogen and oxygen atoms in total. The minimum absolute atomic E-state index is 0.137. The molecule has 0 saturated carbocycles. The highest BCUT2D eigenvalue weighted by Crippen LogP contribution is 2.20. The molecule has 0 aliphatic rings. The zero-order chi connectivity index (χ0) is 22.1. The average molecular weight is 413 g/mol. The van der Waals surface area contributed by atoms with E-state index in [9.17, 15) is 9.59 Å². The molecular formula is C23H32N4O3. The van der Waals surface area contributed by atoms with Gasteiger partial charge in [-0.05, 0) is 58.2 Å². The normalized spacial score (nSPS) is 10.6.